The number of benzene rings is 2. The summed E-state index contributed by atoms with van der Waals surface area (Å²) in [6.07, 6.45) is 1.03. The van der Waals surface area contributed by atoms with Gasteiger partial charge in [0.2, 0.25) is 5.91 Å². The highest BCUT2D eigenvalue weighted by Crippen LogP contribution is 2.29. The zero-order chi connectivity index (χ0) is 20.8. The molecule has 0 saturated carbocycles. The van der Waals surface area contributed by atoms with Crippen LogP contribution in [-0.2, 0) is 20.7 Å². The van der Waals surface area contributed by atoms with E-state index < -0.39 is 6.04 Å². The zero-order valence-corrected chi connectivity index (χ0v) is 17.8. The van der Waals surface area contributed by atoms with Crippen molar-refractivity contribution in [2.24, 2.45) is 0 Å². The lowest BCUT2D eigenvalue weighted by molar-refractivity contribution is -0.148. The number of amides is 1. The van der Waals surface area contributed by atoms with Crippen LogP contribution in [0.2, 0.25) is 10.0 Å². The number of piperazine rings is 1. The fourth-order valence-electron chi connectivity index (χ4n) is 3.61. The minimum absolute atomic E-state index is 0.0944. The van der Waals surface area contributed by atoms with Gasteiger partial charge in [0.15, 0.2) is 0 Å². The van der Waals surface area contributed by atoms with E-state index in [9.17, 15) is 9.59 Å². The van der Waals surface area contributed by atoms with E-state index in [-0.39, 0.29) is 11.9 Å². The lowest BCUT2D eigenvalue weighted by Crippen LogP contribution is -2.51. The summed E-state index contributed by atoms with van der Waals surface area (Å²) in [5.74, 6) is -0.256. The minimum atomic E-state index is -0.575. The smallest absolute Gasteiger partial charge is 0.327 e. The number of carbonyl (C=O) groups excluding carboxylic acids is 2. The molecular formula is C22H24Cl2N2O3. The molecule has 154 valence electrons. The number of halogens is 2. The molecular weight excluding hydrogens is 411 g/mol. The van der Waals surface area contributed by atoms with Crippen LogP contribution < -0.4 is 0 Å². The van der Waals surface area contributed by atoms with Gasteiger partial charge in [0.25, 0.3) is 0 Å². The van der Waals surface area contributed by atoms with Gasteiger partial charge in [0, 0.05) is 42.6 Å². The Balaban J connectivity index is 1.61. The summed E-state index contributed by atoms with van der Waals surface area (Å²) in [6.45, 7) is 2.25. The van der Waals surface area contributed by atoms with Crippen LogP contribution in [0, 0.1) is 0 Å². The summed E-state index contributed by atoms with van der Waals surface area (Å²) in [4.78, 5) is 28.9. The topological polar surface area (TPSA) is 49.9 Å². The van der Waals surface area contributed by atoms with Gasteiger partial charge in [-0.2, -0.15) is 0 Å². The Kier molecular flexibility index (Phi) is 7.53. The molecule has 0 unspecified atom stereocenters. The lowest BCUT2D eigenvalue weighted by atomic mass is 10.0. The molecule has 1 aliphatic rings. The van der Waals surface area contributed by atoms with Crippen molar-refractivity contribution in [2.75, 3.05) is 33.3 Å². The van der Waals surface area contributed by atoms with Crippen molar-refractivity contribution in [3.63, 3.8) is 0 Å². The molecule has 1 saturated heterocycles. The molecule has 0 aliphatic carbocycles. The van der Waals surface area contributed by atoms with Gasteiger partial charge in [-0.15, -0.1) is 0 Å². The molecule has 29 heavy (non-hydrogen) atoms. The molecule has 1 amide bonds. The first-order chi connectivity index (χ1) is 14.0. The fourth-order valence-corrected chi connectivity index (χ4v) is 4.08. The first-order valence-electron chi connectivity index (χ1n) is 9.58. The summed E-state index contributed by atoms with van der Waals surface area (Å²) < 4.78 is 5.02. The van der Waals surface area contributed by atoms with Crippen molar-refractivity contribution in [2.45, 2.75) is 18.9 Å². The highest BCUT2D eigenvalue weighted by molar-refractivity contribution is 6.31. The molecule has 0 bridgehead atoms. The largest absolute Gasteiger partial charge is 0.468 e. The summed E-state index contributed by atoms with van der Waals surface area (Å²) in [6, 6.07) is 14.3. The van der Waals surface area contributed by atoms with E-state index in [0.717, 1.165) is 11.1 Å². The molecule has 0 N–H and O–H groups in total. The average Bonchev–Trinajstić information content (AvgIpc) is 2.74. The van der Waals surface area contributed by atoms with Crippen LogP contribution in [0.25, 0.3) is 0 Å². The van der Waals surface area contributed by atoms with Crippen LogP contribution in [0.3, 0.4) is 0 Å². The fraction of sp³-hybridized carbons (Fsp3) is 0.364. The summed E-state index contributed by atoms with van der Waals surface area (Å²) in [5.41, 5.74) is 1.70. The van der Waals surface area contributed by atoms with E-state index in [0.29, 0.717) is 49.1 Å². The first kappa shape index (κ1) is 21.6. The van der Waals surface area contributed by atoms with Gasteiger partial charge in [0.05, 0.1) is 7.11 Å². The molecule has 2 aromatic rings. The second-order valence-electron chi connectivity index (χ2n) is 6.96. The number of aryl methyl sites for hydroxylation is 1. The highest BCUT2D eigenvalue weighted by Gasteiger charge is 2.33. The SMILES string of the molecule is COC(=O)[C@H](c1ccccc1Cl)N1CCN(C(=O)CCc2ccccc2Cl)CC1. The predicted octanol–water partition coefficient (Wildman–Crippen LogP) is 3.98. The Morgan fingerprint density at radius 1 is 0.966 bits per heavy atom. The molecule has 1 aliphatic heterocycles. The third kappa shape index (κ3) is 5.30. The first-order valence-corrected chi connectivity index (χ1v) is 10.3. The number of methoxy groups -OCH3 is 1. The van der Waals surface area contributed by atoms with Crippen molar-refractivity contribution in [1.29, 1.82) is 0 Å². The summed E-state index contributed by atoms with van der Waals surface area (Å²) in [5, 5.41) is 1.21. The number of rotatable bonds is 6. The van der Waals surface area contributed by atoms with E-state index in [1.165, 1.54) is 7.11 Å². The van der Waals surface area contributed by atoms with E-state index in [2.05, 4.69) is 0 Å². The second kappa shape index (κ2) is 10.1. The Bertz CT molecular complexity index is 867. The summed E-state index contributed by atoms with van der Waals surface area (Å²) >= 11 is 12.5. The maximum Gasteiger partial charge on any atom is 0.327 e. The van der Waals surface area contributed by atoms with Crippen LogP contribution in [0.5, 0.6) is 0 Å². The number of hydrogen-bond acceptors (Lipinski definition) is 4. The van der Waals surface area contributed by atoms with Crippen molar-refractivity contribution >= 4 is 35.1 Å². The molecule has 1 heterocycles. The normalized spacial score (nSPS) is 15.8. The quantitative estimate of drug-likeness (QED) is 0.644. The monoisotopic (exact) mass is 434 g/mol. The van der Waals surface area contributed by atoms with Gasteiger partial charge < -0.3 is 9.64 Å². The third-order valence-electron chi connectivity index (χ3n) is 5.22. The van der Waals surface area contributed by atoms with Crippen molar-refractivity contribution < 1.29 is 14.3 Å². The standard InChI is InChI=1S/C22H24Cl2N2O3/c1-29-22(28)21(17-7-3-5-9-19(17)24)26-14-12-25(13-15-26)20(27)11-10-16-6-2-4-8-18(16)23/h2-9,21H,10-15H2,1H3/t21-/m0/s1. The van der Waals surface area contributed by atoms with Gasteiger partial charge in [-0.05, 0) is 29.7 Å². The second-order valence-corrected chi connectivity index (χ2v) is 7.77. The van der Waals surface area contributed by atoms with E-state index in [1.54, 1.807) is 6.07 Å². The van der Waals surface area contributed by atoms with Crippen molar-refractivity contribution in [1.82, 2.24) is 9.80 Å². The van der Waals surface area contributed by atoms with Crippen LogP contribution in [0.15, 0.2) is 48.5 Å². The number of carbonyl (C=O) groups is 2. The maximum absolute atomic E-state index is 12.6. The van der Waals surface area contributed by atoms with Gasteiger partial charge >= 0.3 is 5.97 Å². The summed E-state index contributed by atoms with van der Waals surface area (Å²) in [7, 11) is 1.38. The lowest BCUT2D eigenvalue weighted by Gasteiger charge is -2.38. The number of nitrogens with zero attached hydrogens (tertiary/aromatic N) is 2. The van der Waals surface area contributed by atoms with E-state index in [4.69, 9.17) is 27.9 Å². The molecule has 3 rings (SSSR count). The Labute approximate surface area is 181 Å². The van der Waals surface area contributed by atoms with Gasteiger partial charge in [-0.1, -0.05) is 59.6 Å². The molecule has 0 aromatic heterocycles. The van der Waals surface area contributed by atoms with Crippen LogP contribution >= 0.6 is 23.2 Å². The van der Waals surface area contributed by atoms with Gasteiger partial charge in [-0.3, -0.25) is 9.69 Å². The molecule has 1 atom stereocenters. The molecule has 2 aromatic carbocycles. The minimum Gasteiger partial charge on any atom is -0.468 e. The van der Waals surface area contributed by atoms with Crippen molar-refractivity contribution in [3.8, 4) is 0 Å². The number of ether oxygens (including phenoxy) is 1. The van der Waals surface area contributed by atoms with Crippen LogP contribution in [0.1, 0.15) is 23.6 Å². The number of hydrogen-bond donors (Lipinski definition) is 0. The third-order valence-corrected chi connectivity index (χ3v) is 5.94. The number of esters is 1. The Morgan fingerprint density at radius 2 is 1.59 bits per heavy atom. The van der Waals surface area contributed by atoms with Crippen LogP contribution in [-0.4, -0.2) is 55.0 Å². The van der Waals surface area contributed by atoms with Gasteiger partial charge in [0.1, 0.15) is 6.04 Å². The zero-order valence-electron chi connectivity index (χ0n) is 16.3. The molecule has 0 radical (unpaired) electrons. The maximum atomic E-state index is 12.6. The van der Waals surface area contributed by atoms with Crippen LogP contribution in [0.4, 0.5) is 0 Å². The van der Waals surface area contributed by atoms with E-state index >= 15 is 0 Å². The Morgan fingerprint density at radius 3 is 2.21 bits per heavy atom. The average molecular weight is 435 g/mol. The molecule has 0 spiro atoms. The van der Waals surface area contributed by atoms with E-state index in [1.807, 2.05) is 52.3 Å². The Hall–Kier alpha value is -2.08. The van der Waals surface area contributed by atoms with Gasteiger partial charge in [-0.25, -0.2) is 4.79 Å². The molecule has 1 fully saturated rings. The van der Waals surface area contributed by atoms with Crippen molar-refractivity contribution in [3.05, 3.63) is 69.7 Å². The predicted molar refractivity (Wildman–Crippen MR) is 114 cm³/mol. The molecule has 7 heteroatoms. The molecule has 5 nitrogen and oxygen atoms in total. The highest BCUT2D eigenvalue weighted by atomic mass is 35.5.